The summed E-state index contributed by atoms with van der Waals surface area (Å²) in [6, 6.07) is 10.5. The number of sulfonamides is 1. The molecule has 1 N–H and O–H groups in total. The molecule has 1 aliphatic rings. The van der Waals surface area contributed by atoms with E-state index in [9.17, 15) is 22.8 Å². The summed E-state index contributed by atoms with van der Waals surface area (Å²) < 4.78 is 39.5. The second-order valence-corrected chi connectivity index (χ2v) is 12.5. The minimum atomic E-state index is -4.21. The van der Waals surface area contributed by atoms with Crippen molar-refractivity contribution in [2.24, 2.45) is 5.92 Å². The van der Waals surface area contributed by atoms with Crippen LogP contribution in [-0.2, 0) is 33.9 Å². The lowest BCUT2D eigenvalue weighted by atomic mass is 9.89. The zero-order chi connectivity index (χ0) is 27.9. The standard InChI is InChI=1S/C28H38N2O7S/c1-28(2,3)37-25(31)17-24(27(33)30(19-26(32)36-4)18-20-10-6-5-7-11-20)29-38(34,35)23-15-14-21-12-8-9-13-22(21)16-23/h8-9,12-16,20,24,29H,5-7,10-11,17-19H2,1-4H3/t24-/m0/s1. The molecule has 0 radical (unpaired) electrons. The Balaban J connectivity index is 1.91. The molecule has 1 saturated carbocycles. The van der Waals surface area contributed by atoms with Gasteiger partial charge in [0.15, 0.2) is 0 Å². The largest absolute Gasteiger partial charge is 0.468 e. The van der Waals surface area contributed by atoms with Crippen molar-refractivity contribution >= 4 is 38.6 Å². The van der Waals surface area contributed by atoms with Gasteiger partial charge in [-0.3, -0.25) is 14.4 Å². The molecule has 10 heteroatoms. The van der Waals surface area contributed by atoms with Crippen LogP contribution in [0.5, 0.6) is 0 Å². The third kappa shape index (κ3) is 8.52. The molecule has 3 rings (SSSR count). The van der Waals surface area contributed by atoms with Gasteiger partial charge >= 0.3 is 11.9 Å². The van der Waals surface area contributed by atoms with Crippen LogP contribution in [0.2, 0.25) is 0 Å². The van der Waals surface area contributed by atoms with Gasteiger partial charge in [0.1, 0.15) is 18.2 Å². The van der Waals surface area contributed by atoms with Gasteiger partial charge in [0, 0.05) is 6.54 Å². The first-order chi connectivity index (χ1) is 17.9. The highest BCUT2D eigenvalue weighted by atomic mass is 32.2. The predicted molar refractivity (Wildman–Crippen MR) is 144 cm³/mol. The van der Waals surface area contributed by atoms with Gasteiger partial charge in [0.2, 0.25) is 15.9 Å². The average molecular weight is 547 g/mol. The Labute approximate surface area is 224 Å². The number of carbonyl (C=O) groups excluding carboxylic acids is 3. The summed E-state index contributed by atoms with van der Waals surface area (Å²) in [6.07, 6.45) is 4.47. The number of carbonyl (C=O) groups is 3. The molecule has 0 bridgehead atoms. The van der Waals surface area contributed by atoms with Gasteiger partial charge in [0.05, 0.1) is 18.4 Å². The molecule has 0 aliphatic heterocycles. The van der Waals surface area contributed by atoms with Crippen LogP contribution in [0.4, 0.5) is 0 Å². The molecule has 38 heavy (non-hydrogen) atoms. The smallest absolute Gasteiger partial charge is 0.325 e. The van der Waals surface area contributed by atoms with Crippen molar-refractivity contribution in [1.82, 2.24) is 9.62 Å². The first-order valence-corrected chi connectivity index (χ1v) is 14.4. The lowest BCUT2D eigenvalue weighted by Crippen LogP contribution is -2.52. The van der Waals surface area contributed by atoms with E-state index < -0.39 is 45.9 Å². The summed E-state index contributed by atoms with van der Waals surface area (Å²) >= 11 is 0. The second-order valence-electron chi connectivity index (χ2n) is 10.8. The maximum Gasteiger partial charge on any atom is 0.325 e. The predicted octanol–water partition coefficient (Wildman–Crippen LogP) is 3.80. The zero-order valence-electron chi connectivity index (χ0n) is 22.6. The van der Waals surface area contributed by atoms with E-state index in [0.717, 1.165) is 42.9 Å². The lowest BCUT2D eigenvalue weighted by molar-refractivity contribution is -0.157. The highest BCUT2D eigenvalue weighted by Gasteiger charge is 2.35. The highest BCUT2D eigenvalue weighted by Crippen LogP contribution is 2.25. The van der Waals surface area contributed by atoms with Crippen molar-refractivity contribution in [2.45, 2.75) is 75.8 Å². The van der Waals surface area contributed by atoms with Gasteiger partial charge in [-0.2, -0.15) is 4.72 Å². The molecule has 1 atom stereocenters. The van der Waals surface area contributed by atoms with Crippen LogP contribution in [0, 0.1) is 5.92 Å². The summed E-state index contributed by atoms with van der Waals surface area (Å²) in [5.41, 5.74) is -0.824. The van der Waals surface area contributed by atoms with Crippen molar-refractivity contribution in [3.05, 3.63) is 42.5 Å². The molecular weight excluding hydrogens is 508 g/mol. The molecule has 2 aromatic rings. The maximum absolute atomic E-state index is 13.8. The van der Waals surface area contributed by atoms with Gasteiger partial charge in [-0.25, -0.2) is 8.42 Å². The molecule has 1 amide bonds. The van der Waals surface area contributed by atoms with Gasteiger partial charge in [-0.15, -0.1) is 0 Å². The normalized spacial score (nSPS) is 15.6. The number of amides is 1. The summed E-state index contributed by atoms with van der Waals surface area (Å²) in [4.78, 5) is 40.0. The Morgan fingerprint density at radius 1 is 1.00 bits per heavy atom. The van der Waals surface area contributed by atoms with E-state index in [1.54, 1.807) is 39.0 Å². The molecule has 0 aromatic heterocycles. The molecule has 2 aromatic carbocycles. The minimum absolute atomic E-state index is 0.0370. The van der Waals surface area contributed by atoms with Crippen molar-refractivity contribution in [3.8, 4) is 0 Å². The quantitative estimate of drug-likeness (QED) is 0.450. The van der Waals surface area contributed by atoms with E-state index in [1.165, 1.54) is 24.1 Å². The number of nitrogens with zero attached hydrogens (tertiary/aromatic N) is 1. The first-order valence-electron chi connectivity index (χ1n) is 13.0. The molecule has 0 heterocycles. The summed E-state index contributed by atoms with van der Waals surface area (Å²) in [5.74, 6) is -1.84. The number of methoxy groups -OCH3 is 1. The Bertz CT molecular complexity index is 1250. The highest BCUT2D eigenvalue weighted by molar-refractivity contribution is 7.89. The van der Waals surface area contributed by atoms with Gasteiger partial charge in [-0.05, 0) is 62.4 Å². The van der Waals surface area contributed by atoms with E-state index in [2.05, 4.69) is 4.72 Å². The number of hydrogen-bond acceptors (Lipinski definition) is 7. The van der Waals surface area contributed by atoms with E-state index in [-0.39, 0.29) is 23.9 Å². The Hall–Kier alpha value is -2.98. The van der Waals surface area contributed by atoms with Crippen LogP contribution in [0.15, 0.2) is 47.4 Å². The van der Waals surface area contributed by atoms with E-state index in [1.807, 2.05) is 12.1 Å². The van der Waals surface area contributed by atoms with Gasteiger partial charge < -0.3 is 14.4 Å². The topological polar surface area (TPSA) is 119 Å². The molecule has 1 aliphatic carbocycles. The van der Waals surface area contributed by atoms with Crippen LogP contribution in [0.25, 0.3) is 10.8 Å². The fourth-order valence-corrected chi connectivity index (χ4v) is 5.90. The maximum atomic E-state index is 13.8. The third-order valence-electron chi connectivity index (χ3n) is 6.48. The second kappa shape index (κ2) is 12.7. The number of hydrogen-bond donors (Lipinski definition) is 1. The molecule has 0 spiro atoms. The molecule has 0 unspecified atom stereocenters. The van der Waals surface area contributed by atoms with Crippen LogP contribution >= 0.6 is 0 Å². The van der Waals surface area contributed by atoms with Gasteiger partial charge in [-0.1, -0.05) is 49.6 Å². The Kier molecular flexibility index (Phi) is 9.89. The van der Waals surface area contributed by atoms with Crippen LogP contribution < -0.4 is 4.72 Å². The summed E-state index contributed by atoms with van der Waals surface area (Å²) in [6.45, 7) is 5.00. The number of nitrogens with one attached hydrogen (secondary N) is 1. The average Bonchev–Trinajstić information content (AvgIpc) is 2.86. The van der Waals surface area contributed by atoms with E-state index in [0.29, 0.717) is 0 Å². The molecular formula is C28H38N2O7S. The van der Waals surface area contributed by atoms with Crippen molar-refractivity contribution in [1.29, 1.82) is 0 Å². The van der Waals surface area contributed by atoms with E-state index >= 15 is 0 Å². The lowest BCUT2D eigenvalue weighted by Gasteiger charge is -2.32. The van der Waals surface area contributed by atoms with Crippen LogP contribution in [-0.4, -0.2) is 63.0 Å². The van der Waals surface area contributed by atoms with Crippen LogP contribution in [0.1, 0.15) is 59.3 Å². The Morgan fingerprint density at radius 2 is 1.66 bits per heavy atom. The number of rotatable bonds is 10. The fourth-order valence-electron chi connectivity index (χ4n) is 4.67. The third-order valence-corrected chi connectivity index (χ3v) is 7.95. The molecule has 208 valence electrons. The minimum Gasteiger partial charge on any atom is -0.468 e. The van der Waals surface area contributed by atoms with Gasteiger partial charge in [0.25, 0.3) is 0 Å². The fraction of sp³-hybridized carbons (Fsp3) is 0.536. The summed E-state index contributed by atoms with van der Waals surface area (Å²) in [7, 11) is -2.98. The first kappa shape index (κ1) is 29.6. The van der Waals surface area contributed by atoms with Crippen LogP contribution in [0.3, 0.4) is 0 Å². The molecule has 0 saturated heterocycles. The SMILES string of the molecule is COC(=O)CN(CC1CCCCC1)C(=O)[C@H](CC(=O)OC(C)(C)C)NS(=O)(=O)c1ccc2ccccc2c1. The molecule has 1 fully saturated rings. The molecule has 9 nitrogen and oxygen atoms in total. The number of ether oxygens (including phenoxy) is 2. The van der Waals surface area contributed by atoms with E-state index in [4.69, 9.17) is 9.47 Å². The zero-order valence-corrected chi connectivity index (χ0v) is 23.4. The van der Waals surface area contributed by atoms with Crippen molar-refractivity contribution in [3.63, 3.8) is 0 Å². The summed E-state index contributed by atoms with van der Waals surface area (Å²) in [5, 5.41) is 1.58. The Morgan fingerprint density at radius 3 is 2.29 bits per heavy atom. The van der Waals surface area contributed by atoms with Crippen molar-refractivity contribution in [2.75, 3.05) is 20.2 Å². The number of esters is 2. The number of fused-ring (bicyclic) bond motifs is 1. The monoisotopic (exact) mass is 546 g/mol. The van der Waals surface area contributed by atoms with Crippen molar-refractivity contribution < 1.29 is 32.3 Å². The number of benzene rings is 2.